The van der Waals surface area contributed by atoms with Crippen LogP contribution in [0.4, 0.5) is 5.13 Å². The van der Waals surface area contributed by atoms with Crippen molar-refractivity contribution in [1.29, 1.82) is 0 Å². The van der Waals surface area contributed by atoms with E-state index in [2.05, 4.69) is 4.98 Å². The Bertz CT molecular complexity index is 1440. The zero-order chi connectivity index (χ0) is 22.6. The number of rotatable bonds is 3. The van der Waals surface area contributed by atoms with Crippen molar-refractivity contribution in [1.82, 2.24) is 4.98 Å². The van der Waals surface area contributed by atoms with E-state index in [1.807, 2.05) is 13.8 Å². The van der Waals surface area contributed by atoms with Crippen LogP contribution < -0.4 is 10.3 Å². The van der Waals surface area contributed by atoms with E-state index in [0.717, 1.165) is 11.1 Å². The quantitative estimate of drug-likeness (QED) is 0.433. The molecule has 0 radical (unpaired) electrons. The SMILES string of the molecule is COC(=O)c1ccc(C2c3c(oc4cc(C)c(C)cc4c3=O)C(=O)N2c2nccs2)cc1. The molecule has 0 aliphatic carbocycles. The second kappa shape index (κ2) is 7.42. The number of anilines is 1. The van der Waals surface area contributed by atoms with Crippen molar-refractivity contribution in [2.75, 3.05) is 12.0 Å². The number of carbonyl (C=O) groups excluding carboxylic acids is 2. The maximum absolute atomic E-state index is 13.6. The largest absolute Gasteiger partial charge is 0.465 e. The molecule has 1 aliphatic rings. The molecule has 7 nitrogen and oxygen atoms in total. The maximum atomic E-state index is 13.6. The third kappa shape index (κ3) is 2.95. The highest BCUT2D eigenvalue weighted by atomic mass is 32.1. The van der Waals surface area contributed by atoms with Gasteiger partial charge in [0.1, 0.15) is 5.58 Å². The molecule has 2 aromatic heterocycles. The Hall–Kier alpha value is -3.78. The molecule has 2 aromatic carbocycles. The minimum Gasteiger partial charge on any atom is -0.465 e. The predicted molar refractivity (Wildman–Crippen MR) is 121 cm³/mol. The molecule has 1 unspecified atom stereocenters. The summed E-state index contributed by atoms with van der Waals surface area (Å²) in [4.78, 5) is 44.7. The van der Waals surface area contributed by atoms with Crippen LogP contribution in [0.2, 0.25) is 0 Å². The van der Waals surface area contributed by atoms with Gasteiger partial charge in [0.25, 0.3) is 5.91 Å². The van der Waals surface area contributed by atoms with Crippen molar-refractivity contribution in [3.8, 4) is 0 Å². The molecule has 3 heterocycles. The first kappa shape index (κ1) is 20.1. The number of thiazole rings is 1. The summed E-state index contributed by atoms with van der Waals surface area (Å²) in [5.74, 6) is -0.871. The molecule has 0 spiro atoms. The van der Waals surface area contributed by atoms with Crippen molar-refractivity contribution in [2.45, 2.75) is 19.9 Å². The van der Waals surface area contributed by atoms with E-state index in [4.69, 9.17) is 9.15 Å². The Morgan fingerprint density at radius 3 is 2.50 bits per heavy atom. The number of nitrogens with zero attached hydrogens (tertiary/aromatic N) is 2. The third-order valence-electron chi connectivity index (χ3n) is 5.76. The minimum absolute atomic E-state index is 0.0167. The fourth-order valence-corrected chi connectivity index (χ4v) is 4.66. The summed E-state index contributed by atoms with van der Waals surface area (Å²) in [6, 6.07) is 9.50. The Kier molecular flexibility index (Phi) is 4.67. The lowest BCUT2D eigenvalue weighted by Gasteiger charge is -2.22. The first-order chi connectivity index (χ1) is 15.4. The van der Waals surface area contributed by atoms with E-state index in [9.17, 15) is 14.4 Å². The van der Waals surface area contributed by atoms with Gasteiger partial charge in [0.15, 0.2) is 10.6 Å². The molecule has 1 amide bonds. The zero-order valence-corrected chi connectivity index (χ0v) is 18.4. The molecule has 0 fully saturated rings. The van der Waals surface area contributed by atoms with Crippen molar-refractivity contribution in [3.63, 3.8) is 0 Å². The second-order valence-electron chi connectivity index (χ2n) is 7.61. The maximum Gasteiger partial charge on any atom is 0.337 e. The number of benzene rings is 2. The van der Waals surface area contributed by atoms with Crippen molar-refractivity contribution in [3.05, 3.63) is 91.8 Å². The summed E-state index contributed by atoms with van der Waals surface area (Å²) >= 11 is 1.30. The number of amides is 1. The molecular formula is C24H18N2O5S. The van der Waals surface area contributed by atoms with E-state index in [1.54, 1.807) is 48.0 Å². The van der Waals surface area contributed by atoms with Gasteiger partial charge in [0, 0.05) is 11.6 Å². The van der Waals surface area contributed by atoms with Crippen molar-refractivity contribution < 1.29 is 18.7 Å². The van der Waals surface area contributed by atoms with Gasteiger partial charge in [-0.1, -0.05) is 12.1 Å². The van der Waals surface area contributed by atoms with E-state index in [-0.39, 0.29) is 16.8 Å². The van der Waals surface area contributed by atoms with Crippen molar-refractivity contribution in [2.24, 2.45) is 0 Å². The van der Waals surface area contributed by atoms with E-state index < -0.39 is 17.9 Å². The van der Waals surface area contributed by atoms with Crippen LogP contribution in [-0.2, 0) is 4.74 Å². The van der Waals surface area contributed by atoms with Crippen LogP contribution in [-0.4, -0.2) is 24.0 Å². The van der Waals surface area contributed by atoms with Gasteiger partial charge in [-0.15, -0.1) is 11.3 Å². The zero-order valence-electron chi connectivity index (χ0n) is 17.5. The summed E-state index contributed by atoms with van der Waals surface area (Å²) < 4.78 is 10.8. The molecule has 0 saturated carbocycles. The van der Waals surface area contributed by atoms with Gasteiger partial charge in [-0.3, -0.25) is 14.5 Å². The third-order valence-corrected chi connectivity index (χ3v) is 6.53. The highest BCUT2D eigenvalue weighted by Crippen LogP contribution is 2.42. The lowest BCUT2D eigenvalue weighted by atomic mass is 9.97. The number of hydrogen-bond donors (Lipinski definition) is 0. The van der Waals surface area contributed by atoms with E-state index in [0.29, 0.717) is 27.2 Å². The van der Waals surface area contributed by atoms with Gasteiger partial charge >= 0.3 is 5.97 Å². The van der Waals surface area contributed by atoms with Gasteiger partial charge in [0.2, 0.25) is 5.76 Å². The highest BCUT2D eigenvalue weighted by Gasteiger charge is 2.44. The van der Waals surface area contributed by atoms with Crippen LogP contribution in [0.5, 0.6) is 0 Å². The minimum atomic E-state index is -0.724. The molecule has 8 heteroatoms. The van der Waals surface area contributed by atoms with Crippen LogP contribution in [0.15, 0.2) is 57.2 Å². The van der Waals surface area contributed by atoms with Crippen LogP contribution in [0.3, 0.4) is 0 Å². The predicted octanol–water partition coefficient (Wildman–Crippen LogP) is 4.40. The van der Waals surface area contributed by atoms with Crippen LogP contribution in [0.1, 0.15) is 49.2 Å². The molecular weight excluding hydrogens is 428 g/mol. The van der Waals surface area contributed by atoms with E-state index >= 15 is 0 Å². The summed E-state index contributed by atoms with van der Waals surface area (Å²) in [6.07, 6.45) is 1.60. The molecule has 160 valence electrons. The monoisotopic (exact) mass is 446 g/mol. The highest BCUT2D eigenvalue weighted by molar-refractivity contribution is 7.13. The summed E-state index contributed by atoms with van der Waals surface area (Å²) in [6.45, 7) is 3.86. The smallest absolute Gasteiger partial charge is 0.337 e. The number of aryl methyl sites for hydroxylation is 2. The molecule has 1 aliphatic heterocycles. The molecule has 0 N–H and O–H groups in total. The molecule has 5 rings (SSSR count). The fourth-order valence-electron chi connectivity index (χ4n) is 3.99. The number of carbonyl (C=O) groups is 2. The first-order valence-electron chi connectivity index (χ1n) is 9.90. The molecule has 32 heavy (non-hydrogen) atoms. The average Bonchev–Trinajstić information content (AvgIpc) is 3.42. The number of aromatic nitrogens is 1. The lowest BCUT2D eigenvalue weighted by Crippen LogP contribution is -2.29. The second-order valence-corrected chi connectivity index (χ2v) is 8.49. The van der Waals surface area contributed by atoms with Gasteiger partial charge in [-0.2, -0.15) is 0 Å². The van der Waals surface area contributed by atoms with Gasteiger partial charge in [-0.25, -0.2) is 9.78 Å². The Balaban J connectivity index is 1.77. The number of ether oxygens (including phenoxy) is 1. The topological polar surface area (TPSA) is 89.7 Å². The Morgan fingerprint density at radius 2 is 1.84 bits per heavy atom. The van der Waals surface area contributed by atoms with Crippen molar-refractivity contribution >= 4 is 39.3 Å². The summed E-state index contributed by atoms with van der Waals surface area (Å²) in [7, 11) is 1.31. The van der Waals surface area contributed by atoms with E-state index in [1.165, 1.54) is 23.3 Å². The van der Waals surface area contributed by atoms with Crippen LogP contribution in [0, 0.1) is 13.8 Å². The van der Waals surface area contributed by atoms with Gasteiger partial charge < -0.3 is 9.15 Å². The molecule has 0 saturated heterocycles. The Morgan fingerprint density at radius 1 is 1.12 bits per heavy atom. The standard InChI is InChI=1S/C24H18N2O5S/c1-12-10-16-17(11-13(12)2)31-21-18(20(16)27)19(26(22(21)28)24-25-8-9-32-24)14-4-6-15(7-5-14)23(29)30-3/h4-11,19H,1-3H3. The van der Waals surface area contributed by atoms with Gasteiger partial charge in [0.05, 0.1) is 29.7 Å². The number of esters is 1. The summed E-state index contributed by atoms with van der Waals surface area (Å²) in [5.41, 5.74) is 3.37. The number of methoxy groups -OCH3 is 1. The summed E-state index contributed by atoms with van der Waals surface area (Å²) in [5, 5.41) is 2.65. The average molecular weight is 446 g/mol. The number of fused-ring (bicyclic) bond motifs is 2. The van der Waals surface area contributed by atoms with Crippen LogP contribution in [0.25, 0.3) is 11.0 Å². The normalized spacial score (nSPS) is 15.3. The van der Waals surface area contributed by atoms with Gasteiger partial charge in [-0.05, 0) is 54.8 Å². The fraction of sp³-hybridized carbons (Fsp3) is 0.167. The molecule has 4 aromatic rings. The Labute approximate surface area is 186 Å². The molecule has 0 bridgehead atoms. The molecule has 1 atom stereocenters. The first-order valence-corrected chi connectivity index (χ1v) is 10.8. The number of hydrogen-bond acceptors (Lipinski definition) is 7. The lowest BCUT2D eigenvalue weighted by molar-refractivity contribution is 0.0600. The van der Waals surface area contributed by atoms with Crippen LogP contribution >= 0.6 is 11.3 Å².